The number of aromatic nitrogens is 2. The number of quaternary nitrogens is 1. The van der Waals surface area contributed by atoms with E-state index in [2.05, 4.69) is 24.9 Å². The van der Waals surface area contributed by atoms with Crippen molar-refractivity contribution in [2.75, 3.05) is 44.0 Å². The van der Waals surface area contributed by atoms with Crippen LogP contribution >= 0.6 is 11.3 Å². The molecule has 308 valence electrons. The number of pyridine rings is 1. The fraction of sp³-hybridized carbons (Fsp3) is 0.238. The number of carbonyl (C=O) groups is 2. The molecule has 0 radical (unpaired) electrons. The zero-order valence-corrected chi connectivity index (χ0v) is 34.0. The van der Waals surface area contributed by atoms with Crippen molar-refractivity contribution >= 4 is 60.0 Å². The fourth-order valence-electron chi connectivity index (χ4n) is 6.84. The molecule has 17 heteroatoms. The Balaban J connectivity index is 0.00000585. The molecule has 1 aliphatic rings. The second kappa shape index (κ2) is 18.8. The van der Waals surface area contributed by atoms with Crippen molar-refractivity contribution in [1.29, 1.82) is 0 Å². The molecular weight excluding hydrogens is 798 g/mol. The van der Waals surface area contributed by atoms with Crippen molar-refractivity contribution < 1.29 is 43.3 Å². The van der Waals surface area contributed by atoms with Gasteiger partial charge >= 0.3 is 0 Å². The smallest absolute Gasteiger partial charge is 0.283 e. The van der Waals surface area contributed by atoms with E-state index in [0.29, 0.717) is 65.0 Å². The van der Waals surface area contributed by atoms with Gasteiger partial charge in [0.1, 0.15) is 23.1 Å². The molecule has 59 heavy (non-hydrogen) atoms. The number of hydrogen-bond donors (Lipinski definition) is 4. The summed E-state index contributed by atoms with van der Waals surface area (Å²) in [5.74, 6) is -0.416. The molecule has 0 aliphatic carbocycles. The quantitative estimate of drug-likeness (QED) is 0.0829. The van der Waals surface area contributed by atoms with Gasteiger partial charge in [-0.3, -0.25) is 14.9 Å². The number of fused-ring (bicyclic) bond motifs is 2. The van der Waals surface area contributed by atoms with E-state index in [1.165, 1.54) is 41.7 Å². The zero-order chi connectivity index (χ0) is 40.8. The van der Waals surface area contributed by atoms with Crippen LogP contribution in [0, 0.1) is 11.7 Å². The average molecular weight is 843 g/mol. The summed E-state index contributed by atoms with van der Waals surface area (Å²) in [6.07, 6.45) is 1.93. The number of thiazole rings is 1. The number of rotatable bonds is 15. The van der Waals surface area contributed by atoms with Crippen LogP contribution < -0.4 is 25.2 Å². The van der Waals surface area contributed by atoms with Crippen molar-refractivity contribution in [3.8, 4) is 5.75 Å². The summed E-state index contributed by atoms with van der Waals surface area (Å²) in [5.41, 5.74) is 4.62. The molecular formula is C42H45FN7O7S2+. The van der Waals surface area contributed by atoms with Crippen LogP contribution in [0.25, 0.3) is 10.2 Å². The highest BCUT2D eigenvalue weighted by molar-refractivity contribution is 7.90. The van der Waals surface area contributed by atoms with Crippen molar-refractivity contribution in [2.45, 2.75) is 30.7 Å². The monoisotopic (exact) mass is 842 g/mol. The van der Waals surface area contributed by atoms with Crippen molar-refractivity contribution in [1.82, 2.24) is 19.6 Å². The first-order valence-electron chi connectivity index (χ1n) is 18.7. The van der Waals surface area contributed by atoms with E-state index in [4.69, 9.17) is 4.74 Å². The fourth-order valence-corrected chi connectivity index (χ4v) is 8.72. The van der Waals surface area contributed by atoms with Gasteiger partial charge in [-0.05, 0) is 112 Å². The van der Waals surface area contributed by atoms with E-state index in [9.17, 15) is 27.6 Å². The number of amides is 2. The minimum atomic E-state index is -4.37. The summed E-state index contributed by atoms with van der Waals surface area (Å²) in [4.78, 5) is 39.7. The molecule has 0 saturated carbocycles. The maximum atomic E-state index is 13.7. The number of nitrogens with two attached hydrogens (primary N) is 1. The molecule has 0 fully saturated rings. The van der Waals surface area contributed by atoms with Gasteiger partial charge in [0.2, 0.25) is 0 Å². The molecule has 14 nitrogen and oxygen atoms in total. The lowest BCUT2D eigenvalue weighted by Crippen LogP contribution is -2.74. The summed E-state index contributed by atoms with van der Waals surface area (Å²) in [7, 11) is -0.382. The van der Waals surface area contributed by atoms with Gasteiger partial charge in [0.25, 0.3) is 21.8 Å². The van der Waals surface area contributed by atoms with Gasteiger partial charge in [-0.2, -0.15) is 5.48 Å². The molecule has 2 amide bonds. The molecule has 4 aromatic carbocycles. The Hall–Kier alpha value is -5.82. The third-order valence-electron chi connectivity index (χ3n) is 9.90. The van der Waals surface area contributed by atoms with Crippen molar-refractivity contribution in [3.63, 3.8) is 0 Å². The third-order valence-corrected chi connectivity index (χ3v) is 12.2. The van der Waals surface area contributed by atoms with Gasteiger partial charge in [0.15, 0.2) is 10.8 Å². The standard InChI is InChI=1S/C42H42FN7O6S2.H2O/c1-49(2)20-18-27(26-56-31-9-4-3-5-10-31)22-29-14-16-32(24-37(29)47-53)58(54,55)48-41(52)36-12-7-13-39(44-36)50-21-19-28-8-6-11-33(34(28)25-50)40(51)46-42-45-35-17-15-30(43)23-38(35)57-42;/h3-17,23-24,27,47,53H,18-22,25-26H2,1-2H3,(H,48,52)(H,45,46,51);1H2/p+1/t27-;/m0./s1. The van der Waals surface area contributed by atoms with Crippen LogP contribution in [0.3, 0.4) is 0 Å². The summed E-state index contributed by atoms with van der Waals surface area (Å²) in [5, 5.41) is 13.4. The number of halogens is 1. The van der Waals surface area contributed by atoms with Gasteiger partial charge in [0, 0.05) is 30.3 Å². The molecule has 3 heterocycles. The second-order valence-corrected chi connectivity index (χ2v) is 17.0. The van der Waals surface area contributed by atoms with E-state index >= 15 is 0 Å². The SMILES string of the molecule is CN(C)CC[C@H](COc1ccccc1)Cc1ccc(S(=O)(=O)NC(=O)c2cccc(N3CCc4cccc(C(=O)Nc5nc6ccc(F)cc6s5)c4C3)n2)cc1[NH2+]O.O. The Bertz CT molecular complexity index is 2560. The van der Waals surface area contributed by atoms with Gasteiger partial charge in [-0.25, -0.2) is 32.7 Å². The molecule has 7 N–H and O–H groups in total. The highest BCUT2D eigenvalue weighted by Crippen LogP contribution is 2.30. The van der Waals surface area contributed by atoms with E-state index < -0.39 is 15.9 Å². The summed E-state index contributed by atoms with van der Waals surface area (Å²) in [6.45, 7) is 2.09. The molecule has 0 saturated heterocycles. The summed E-state index contributed by atoms with van der Waals surface area (Å²) >= 11 is 1.18. The van der Waals surface area contributed by atoms with E-state index in [1.807, 2.05) is 61.5 Å². The Morgan fingerprint density at radius 2 is 1.78 bits per heavy atom. The van der Waals surface area contributed by atoms with Crippen molar-refractivity contribution in [3.05, 3.63) is 137 Å². The Labute approximate surface area is 345 Å². The van der Waals surface area contributed by atoms with Gasteiger partial charge in [0.05, 0.1) is 21.7 Å². The molecule has 0 bridgehead atoms. The normalized spacial score (nSPS) is 13.1. The van der Waals surface area contributed by atoms with E-state index in [1.54, 1.807) is 30.3 Å². The van der Waals surface area contributed by atoms with Crippen LogP contribution in [0.15, 0.2) is 108 Å². The highest BCUT2D eigenvalue weighted by Gasteiger charge is 2.26. The zero-order valence-electron chi connectivity index (χ0n) is 32.4. The molecule has 2 aromatic heterocycles. The van der Waals surface area contributed by atoms with Crippen LogP contribution in [0.4, 0.5) is 21.0 Å². The van der Waals surface area contributed by atoms with Gasteiger partial charge < -0.3 is 20.0 Å². The van der Waals surface area contributed by atoms with Crippen LogP contribution in [0.5, 0.6) is 5.75 Å². The number of benzene rings is 4. The van der Waals surface area contributed by atoms with Gasteiger partial charge in [-0.1, -0.05) is 53.8 Å². The van der Waals surface area contributed by atoms with Crippen LogP contribution in [0.2, 0.25) is 0 Å². The topological polar surface area (TPSA) is 202 Å². The molecule has 7 rings (SSSR count). The van der Waals surface area contributed by atoms with Crippen LogP contribution in [0.1, 0.15) is 44.0 Å². The van der Waals surface area contributed by atoms with Crippen LogP contribution in [-0.2, 0) is 29.4 Å². The first-order valence-corrected chi connectivity index (χ1v) is 21.0. The summed E-state index contributed by atoms with van der Waals surface area (Å²) in [6, 6.07) is 28.4. The number of ether oxygens (including phenoxy) is 1. The Kier molecular flexibility index (Phi) is 13.7. The minimum Gasteiger partial charge on any atom is -0.493 e. The molecule has 1 atom stereocenters. The molecule has 6 aromatic rings. The largest absolute Gasteiger partial charge is 0.493 e. The number of carbonyl (C=O) groups excluding carboxylic acids is 2. The summed E-state index contributed by atoms with van der Waals surface area (Å²) < 4.78 is 49.6. The Morgan fingerprint density at radius 3 is 2.56 bits per heavy atom. The molecule has 0 unspecified atom stereocenters. The first kappa shape index (κ1) is 42.8. The number of anilines is 2. The van der Waals surface area contributed by atoms with E-state index in [-0.39, 0.29) is 33.7 Å². The number of nitrogens with zero attached hydrogens (tertiary/aromatic N) is 4. The minimum absolute atomic E-state index is 0. The number of nitrogens with one attached hydrogen (secondary N) is 2. The highest BCUT2D eigenvalue weighted by atomic mass is 32.2. The number of para-hydroxylation sites is 1. The first-order chi connectivity index (χ1) is 27.9. The second-order valence-electron chi connectivity index (χ2n) is 14.3. The lowest BCUT2D eigenvalue weighted by Gasteiger charge is -2.31. The van der Waals surface area contributed by atoms with E-state index in [0.717, 1.165) is 40.9 Å². The maximum Gasteiger partial charge on any atom is 0.283 e. The third kappa shape index (κ3) is 10.4. The van der Waals surface area contributed by atoms with Crippen molar-refractivity contribution in [2.24, 2.45) is 5.92 Å². The maximum absolute atomic E-state index is 13.7. The lowest BCUT2D eigenvalue weighted by molar-refractivity contribution is -0.826. The predicted octanol–water partition coefficient (Wildman–Crippen LogP) is 4.71. The Morgan fingerprint density at radius 1 is 0.983 bits per heavy atom. The number of hydrogen-bond acceptors (Lipinski definition) is 11. The van der Waals surface area contributed by atoms with Gasteiger partial charge in [-0.15, -0.1) is 0 Å². The van der Waals surface area contributed by atoms with Crippen LogP contribution in [-0.4, -0.2) is 79.6 Å². The molecule has 1 aliphatic heterocycles. The predicted molar refractivity (Wildman–Crippen MR) is 223 cm³/mol. The molecule has 0 spiro atoms. The average Bonchev–Trinajstić information content (AvgIpc) is 3.62. The lowest BCUT2D eigenvalue weighted by atomic mass is 9.94. The number of sulfonamides is 1.